The SMILES string of the molecule is CCC1CCCN(c2ccc(N)c3cnc(C)cc23)CC1. The Hall–Kier alpha value is -1.77. The van der Waals surface area contributed by atoms with Crippen molar-refractivity contribution in [3.63, 3.8) is 0 Å². The molecular weight excluding hydrogens is 258 g/mol. The molecule has 1 unspecified atom stereocenters. The molecule has 3 nitrogen and oxygen atoms in total. The van der Waals surface area contributed by atoms with Gasteiger partial charge in [-0.2, -0.15) is 0 Å². The van der Waals surface area contributed by atoms with Crippen LogP contribution in [0, 0.1) is 12.8 Å². The Labute approximate surface area is 127 Å². The minimum atomic E-state index is 0.822. The number of aromatic nitrogens is 1. The molecule has 1 aliphatic heterocycles. The summed E-state index contributed by atoms with van der Waals surface area (Å²) in [4.78, 5) is 6.94. The van der Waals surface area contributed by atoms with Gasteiger partial charge in [-0.1, -0.05) is 13.3 Å². The van der Waals surface area contributed by atoms with Gasteiger partial charge in [0, 0.05) is 47.1 Å². The van der Waals surface area contributed by atoms with E-state index in [4.69, 9.17) is 5.73 Å². The number of nitrogens with zero attached hydrogens (tertiary/aromatic N) is 2. The maximum Gasteiger partial charge on any atom is 0.0448 e. The molecule has 0 saturated carbocycles. The second-order valence-electron chi connectivity index (χ2n) is 6.24. The van der Waals surface area contributed by atoms with E-state index in [1.165, 1.54) is 36.8 Å². The summed E-state index contributed by atoms with van der Waals surface area (Å²) in [6.45, 7) is 6.66. The Balaban J connectivity index is 2.00. The van der Waals surface area contributed by atoms with Crippen molar-refractivity contribution in [2.24, 2.45) is 5.92 Å². The van der Waals surface area contributed by atoms with Crippen LogP contribution in [-0.2, 0) is 0 Å². The summed E-state index contributed by atoms with van der Waals surface area (Å²) in [6, 6.07) is 6.38. The van der Waals surface area contributed by atoms with E-state index < -0.39 is 0 Å². The molecule has 2 aromatic rings. The van der Waals surface area contributed by atoms with Crippen LogP contribution in [0.5, 0.6) is 0 Å². The fraction of sp³-hybridized carbons (Fsp3) is 0.500. The van der Waals surface area contributed by atoms with E-state index in [2.05, 4.69) is 28.9 Å². The third-order valence-corrected chi connectivity index (χ3v) is 4.81. The van der Waals surface area contributed by atoms with E-state index in [0.29, 0.717) is 0 Å². The van der Waals surface area contributed by atoms with Crippen LogP contribution in [0.25, 0.3) is 10.8 Å². The van der Waals surface area contributed by atoms with Crippen molar-refractivity contribution in [1.29, 1.82) is 0 Å². The largest absolute Gasteiger partial charge is 0.398 e. The van der Waals surface area contributed by atoms with Crippen LogP contribution in [0.4, 0.5) is 11.4 Å². The standard InChI is InChI=1S/C18H25N3/c1-3-14-5-4-9-21(10-8-14)18-7-6-17(19)16-12-20-13(2)11-15(16)18/h6-7,11-12,14H,3-5,8-10,19H2,1-2H3. The number of fused-ring (bicyclic) bond motifs is 1. The lowest BCUT2D eigenvalue weighted by atomic mass is 9.98. The summed E-state index contributed by atoms with van der Waals surface area (Å²) in [7, 11) is 0. The number of nitrogens with two attached hydrogens (primary N) is 1. The Morgan fingerprint density at radius 3 is 2.90 bits per heavy atom. The number of hydrogen-bond donors (Lipinski definition) is 1. The molecule has 1 aliphatic rings. The molecule has 21 heavy (non-hydrogen) atoms. The van der Waals surface area contributed by atoms with Crippen molar-refractivity contribution >= 4 is 22.1 Å². The fourth-order valence-electron chi connectivity index (χ4n) is 3.44. The van der Waals surface area contributed by atoms with Crippen LogP contribution in [0.15, 0.2) is 24.4 Å². The van der Waals surface area contributed by atoms with Gasteiger partial charge in [0.2, 0.25) is 0 Å². The number of nitrogen functional groups attached to an aromatic ring is 1. The molecule has 0 spiro atoms. The molecule has 1 atom stereocenters. The molecule has 0 amide bonds. The highest BCUT2D eigenvalue weighted by molar-refractivity contribution is 6.01. The predicted octanol–water partition coefficient (Wildman–Crippen LogP) is 4.14. The molecule has 3 rings (SSSR count). The summed E-state index contributed by atoms with van der Waals surface area (Å²) >= 11 is 0. The summed E-state index contributed by atoms with van der Waals surface area (Å²) in [5.74, 6) is 0.887. The Morgan fingerprint density at radius 2 is 2.10 bits per heavy atom. The Kier molecular flexibility index (Phi) is 4.00. The topological polar surface area (TPSA) is 42.1 Å². The lowest BCUT2D eigenvalue weighted by Gasteiger charge is -2.25. The molecular formula is C18H25N3. The zero-order chi connectivity index (χ0) is 14.8. The van der Waals surface area contributed by atoms with Gasteiger partial charge in [-0.15, -0.1) is 0 Å². The lowest BCUT2D eigenvalue weighted by molar-refractivity contribution is 0.459. The first-order valence-corrected chi connectivity index (χ1v) is 8.09. The van der Waals surface area contributed by atoms with Crippen LogP contribution < -0.4 is 10.6 Å². The highest BCUT2D eigenvalue weighted by atomic mass is 15.1. The highest BCUT2D eigenvalue weighted by Gasteiger charge is 2.18. The van der Waals surface area contributed by atoms with Gasteiger partial charge >= 0.3 is 0 Å². The first-order chi connectivity index (χ1) is 10.2. The molecule has 0 aliphatic carbocycles. The third kappa shape index (κ3) is 2.82. The van der Waals surface area contributed by atoms with Crippen LogP contribution in [-0.4, -0.2) is 18.1 Å². The zero-order valence-electron chi connectivity index (χ0n) is 13.1. The van der Waals surface area contributed by atoms with Crippen molar-refractivity contribution in [2.75, 3.05) is 23.7 Å². The number of rotatable bonds is 2. The van der Waals surface area contributed by atoms with Crippen LogP contribution in [0.1, 0.15) is 38.3 Å². The van der Waals surface area contributed by atoms with Crippen LogP contribution in [0.3, 0.4) is 0 Å². The summed E-state index contributed by atoms with van der Waals surface area (Å²) < 4.78 is 0. The number of benzene rings is 1. The van der Waals surface area contributed by atoms with E-state index in [1.54, 1.807) is 0 Å². The number of hydrogen-bond acceptors (Lipinski definition) is 3. The van der Waals surface area contributed by atoms with Crippen LogP contribution >= 0.6 is 0 Å². The molecule has 1 aromatic carbocycles. The van der Waals surface area contributed by atoms with Gasteiger partial charge in [0.1, 0.15) is 0 Å². The van der Waals surface area contributed by atoms with Crippen LogP contribution in [0.2, 0.25) is 0 Å². The summed E-state index contributed by atoms with van der Waals surface area (Å²) in [5.41, 5.74) is 9.31. The highest BCUT2D eigenvalue weighted by Crippen LogP contribution is 2.33. The van der Waals surface area contributed by atoms with E-state index in [9.17, 15) is 0 Å². The molecule has 0 radical (unpaired) electrons. The first-order valence-electron chi connectivity index (χ1n) is 8.09. The number of pyridine rings is 1. The third-order valence-electron chi connectivity index (χ3n) is 4.81. The molecule has 112 valence electrons. The van der Waals surface area contributed by atoms with E-state index in [-0.39, 0.29) is 0 Å². The van der Waals surface area contributed by atoms with E-state index in [0.717, 1.165) is 35.8 Å². The Morgan fingerprint density at radius 1 is 1.24 bits per heavy atom. The summed E-state index contributed by atoms with van der Waals surface area (Å²) in [6.07, 6.45) is 7.16. The normalized spacial score (nSPS) is 19.7. The van der Waals surface area contributed by atoms with Gasteiger partial charge in [0.05, 0.1) is 0 Å². The molecule has 3 heteroatoms. The van der Waals surface area contributed by atoms with Gasteiger partial charge in [-0.05, 0) is 50.3 Å². The lowest BCUT2D eigenvalue weighted by Crippen LogP contribution is -2.24. The molecule has 2 heterocycles. The smallest absolute Gasteiger partial charge is 0.0448 e. The second-order valence-corrected chi connectivity index (χ2v) is 6.24. The monoisotopic (exact) mass is 283 g/mol. The van der Waals surface area contributed by atoms with Crippen molar-refractivity contribution in [1.82, 2.24) is 4.98 Å². The van der Waals surface area contributed by atoms with Gasteiger partial charge in [0.25, 0.3) is 0 Å². The van der Waals surface area contributed by atoms with Gasteiger partial charge in [0.15, 0.2) is 0 Å². The average Bonchev–Trinajstić information content (AvgIpc) is 2.73. The maximum absolute atomic E-state index is 6.12. The molecule has 1 saturated heterocycles. The number of anilines is 2. The van der Waals surface area contributed by atoms with Crippen molar-refractivity contribution in [3.8, 4) is 0 Å². The molecule has 1 aromatic heterocycles. The quantitative estimate of drug-likeness (QED) is 0.842. The first kappa shape index (κ1) is 14.2. The Bertz CT molecular complexity index is 636. The maximum atomic E-state index is 6.12. The van der Waals surface area contributed by atoms with E-state index in [1.807, 2.05) is 19.2 Å². The fourth-order valence-corrected chi connectivity index (χ4v) is 3.44. The number of aryl methyl sites for hydroxylation is 1. The molecule has 0 bridgehead atoms. The molecule has 2 N–H and O–H groups in total. The van der Waals surface area contributed by atoms with Crippen molar-refractivity contribution in [3.05, 3.63) is 30.1 Å². The molecule has 1 fully saturated rings. The van der Waals surface area contributed by atoms with Gasteiger partial charge in [-0.3, -0.25) is 4.98 Å². The van der Waals surface area contributed by atoms with Crippen molar-refractivity contribution < 1.29 is 0 Å². The van der Waals surface area contributed by atoms with Gasteiger partial charge in [-0.25, -0.2) is 0 Å². The second kappa shape index (κ2) is 5.92. The average molecular weight is 283 g/mol. The minimum Gasteiger partial charge on any atom is -0.398 e. The minimum absolute atomic E-state index is 0.822. The predicted molar refractivity (Wildman–Crippen MR) is 90.7 cm³/mol. The van der Waals surface area contributed by atoms with Crippen molar-refractivity contribution in [2.45, 2.75) is 39.5 Å². The zero-order valence-corrected chi connectivity index (χ0v) is 13.1. The van der Waals surface area contributed by atoms with Gasteiger partial charge < -0.3 is 10.6 Å². The summed E-state index contributed by atoms with van der Waals surface area (Å²) in [5, 5.41) is 2.33. The van der Waals surface area contributed by atoms with E-state index >= 15 is 0 Å².